The first-order valence-electron chi connectivity index (χ1n) is 5.87. The summed E-state index contributed by atoms with van der Waals surface area (Å²) in [7, 11) is 1.96. The molecule has 0 aromatic heterocycles. The summed E-state index contributed by atoms with van der Waals surface area (Å²) >= 11 is 0. The van der Waals surface area contributed by atoms with Crippen LogP contribution in [0.25, 0.3) is 0 Å². The van der Waals surface area contributed by atoms with Gasteiger partial charge in [0.15, 0.2) is 11.6 Å². The highest BCUT2D eigenvalue weighted by Crippen LogP contribution is 2.10. The maximum absolute atomic E-state index is 13.0. The van der Waals surface area contributed by atoms with Gasteiger partial charge in [0.05, 0.1) is 0 Å². The summed E-state index contributed by atoms with van der Waals surface area (Å²) in [6.45, 7) is 3.51. The van der Waals surface area contributed by atoms with Crippen molar-refractivity contribution >= 4 is 0 Å². The number of hydrogen-bond donors (Lipinski definition) is 1. The number of halogens is 2. The summed E-state index contributed by atoms with van der Waals surface area (Å²) in [5, 5.41) is 0. The van der Waals surface area contributed by atoms with Crippen LogP contribution in [0.2, 0.25) is 0 Å². The summed E-state index contributed by atoms with van der Waals surface area (Å²) in [6, 6.07) is 4.24. The Bertz CT molecular complexity index is 353. The third-order valence-electron chi connectivity index (χ3n) is 2.64. The first kappa shape index (κ1) is 14.1. The molecule has 0 aliphatic heterocycles. The van der Waals surface area contributed by atoms with Crippen molar-refractivity contribution in [3.63, 3.8) is 0 Å². The van der Waals surface area contributed by atoms with Crippen LogP contribution >= 0.6 is 0 Å². The molecule has 4 heteroatoms. The third kappa shape index (κ3) is 5.24. The van der Waals surface area contributed by atoms with E-state index in [1.165, 1.54) is 12.1 Å². The molecule has 0 bridgehead atoms. The Morgan fingerprint density at radius 2 is 2.00 bits per heavy atom. The van der Waals surface area contributed by atoms with Crippen molar-refractivity contribution in [3.05, 3.63) is 35.4 Å². The van der Waals surface area contributed by atoms with E-state index in [9.17, 15) is 8.78 Å². The largest absolute Gasteiger partial charge is 0.328 e. The Morgan fingerprint density at radius 1 is 1.29 bits per heavy atom. The molecule has 1 aromatic rings. The fraction of sp³-hybridized carbons (Fsp3) is 0.538. The molecule has 1 aromatic carbocycles. The molecule has 0 aliphatic carbocycles. The SMILES string of the molecule is CC(N)CCCN(C)Cc1ccc(F)c(F)c1. The summed E-state index contributed by atoms with van der Waals surface area (Å²) in [4.78, 5) is 2.08. The third-order valence-corrected chi connectivity index (χ3v) is 2.64. The molecular formula is C13H20F2N2. The Balaban J connectivity index is 2.39. The maximum atomic E-state index is 13.0. The van der Waals surface area contributed by atoms with Crippen molar-refractivity contribution in [1.29, 1.82) is 0 Å². The van der Waals surface area contributed by atoms with Crippen LogP contribution in [0.3, 0.4) is 0 Å². The van der Waals surface area contributed by atoms with Crippen LogP contribution in [0.4, 0.5) is 8.78 Å². The molecule has 0 saturated heterocycles. The van der Waals surface area contributed by atoms with Gasteiger partial charge in [-0.05, 0) is 51.1 Å². The van der Waals surface area contributed by atoms with Gasteiger partial charge in [-0.25, -0.2) is 8.78 Å². The van der Waals surface area contributed by atoms with E-state index in [4.69, 9.17) is 5.73 Å². The van der Waals surface area contributed by atoms with Crippen LogP contribution in [0.1, 0.15) is 25.3 Å². The molecule has 1 unspecified atom stereocenters. The molecule has 0 aliphatic rings. The van der Waals surface area contributed by atoms with Crippen LogP contribution in [-0.4, -0.2) is 24.5 Å². The monoisotopic (exact) mass is 242 g/mol. The average molecular weight is 242 g/mol. The molecule has 0 radical (unpaired) electrons. The van der Waals surface area contributed by atoms with E-state index in [1.54, 1.807) is 6.07 Å². The van der Waals surface area contributed by atoms with Gasteiger partial charge in [-0.2, -0.15) is 0 Å². The van der Waals surface area contributed by atoms with E-state index in [0.29, 0.717) is 6.54 Å². The molecule has 0 fully saturated rings. The highest BCUT2D eigenvalue weighted by atomic mass is 19.2. The van der Waals surface area contributed by atoms with Crippen LogP contribution in [0.15, 0.2) is 18.2 Å². The van der Waals surface area contributed by atoms with Crippen molar-refractivity contribution in [2.45, 2.75) is 32.4 Å². The first-order valence-corrected chi connectivity index (χ1v) is 5.87. The lowest BCUT2D eigenvalue weighted by atomic mass is 10.1. The van der Waals surface area contributed by atoms with Crippen LogP contribution in [-0.2, 0) is 6.54 Å². The molecule has 2 nitrogen and oxygen atoms in total. The van der Waals surface area contributed by atoms with Crippen LogP contribution < -0.4 is 5.73 Å². The number of benzene rings is 1. The van der Waals surface area contributed by atoms with E-state index >= 15 is 0 Å². The highest BCUT2D eigenvalue weighted by Gasteiger charge is 2.05. The average Bonchev–Trinajstić information content (AvgIpc) is 2.23. The second-order valence-corrected chi connectivity index (χ2v) is 4.61. The van der Waals surface area contributed by atoms with E-state index in [1.807, 2.05) is 14.0 Å². The summed E-state index contributed by atoms with van der Waals surface area (Å²) < 4.78 is 25.7. The van der Waals surface area contributed by atoms with Gasteiger partial charge in [0.1, 0.15) is 0 Å². The molecule has 96 valence electrons. The van der Waals surface area contributed by atoms with Gasteiger partial charge in [0, 0.05) is 12.6 Å². The topological polar surface area (TPSA) is 29.3 Å². The van der Waals surface area contributed by atoms with E-state index in [0.717, 1.165) is 24.9 Å². The normalized spacial score (nSPS) is 13.1. The van der Waals surface area contributed by atoms with Gasteiger partial charge in [-0.3, -0.25) is 0 Å². The second kappa shape index (κ2) is 6.67. The molecule has 2 N–H and O–H groups in total. The lowest BCUT2D eigenvalue weighted by Gasteiger charge is -2.17. The standard InChI is InChI=1S/C13H20F2N2/c1-10(16)4-3-7-17(2)9-11-5-6-12(14)13(15)8-11/h5-6,8,10H,3-4,7,9,16H2,1-2H3. The Kier molecular flexibility index (Phi) is 5.51. The molecule has 1 atom stereocenters. The zero-order valence-corrected chi connectivity index (χ0v) is 10.4. The molecule has 0 spiro atoms. The van der Waals surface area contributed by atoms with Crippen LogP contribution in [0.5, 0.6) is 0 Å². The number of rotatable bonds is 6. The van der Waals surface area contributed by atoms with Gasteiger partial charge in [0.2, 0.25) is 0 Å². The smallest absolute Gasteiger partial charge is 0.159 e. The predicted molar refractivity (Wildman–Crippen MR) is 65.6 cm³/mol. The summed E-state index contributed by atoms with van der Waals surface area (Å²) in [6.07, 6.45) is 1.99. The number of hydrogen-bond acceptors (Lipinski definition) is 2. The van der Waals surface area contributed by atoms with E-state index in [2.05, 4.69) is 4.90 Å². The zero-order chi connectivity index (χ0) is 12.8. The van der Waals surface area contributed by atoms with Gasteiger partial charge in [-0.15, -0.1) is 0 Å². The van der Waals surface area contributed by atoms with Crippen molar-refractivity contribution in [3.8, 4) is 0 Å². The van der Waals surface area contributed by atoms with Gasteiger partial charge in [-0.1, -0.05) is 6.07 Å². The highest BCUT2D eigenvalue weighted by molar-refractivity contribution is 5.17. The molecule has 0 heterocycles. The fourth-order valence-electron chi connectivity index (χ4n) is 1.71. The summed E-state index contributed by atoms with van der Waals surface area (Å²) in [5.41, 5.74) is 6.44. The lowest BCUT2D eigenvalue weighted by Crippen LogP contribution is -2.22. The minimum atomic E-state index is -0.798. The van der Waals surface area contributed by atoms with Crippen molar-refractivity contribution in [1.82, 2.24) is 4.90 Å². The van der Waals surface area contributed by atoms with Crippen molar-refractivity contribution in [2.24, 2.45) is 5.73 Å². The minimum Gasteiger partial charge on any atom is -0.328 e. The molecular weight excluding hydrogens is 222 g/mol. The van der Waals surface area contributed by atoms with Gasteiger partial charge >= 0.3 is 0 Å². The fourth-order valence-corrected chi connectivity index (χ4v) is 1.71. The van der Waals surface area contributed by atoms with Gasteiger partial charge in [0.25, 0.3) is 0 Å². The maximum Gasteiger partial charge on any atom is 0.159 e. The van der Waals surface area contributed by atoms with Crippen LogP contribution in [0, 0.1) is 11.6 Å². The Hall–Kier alpha value is -1.00. The Morgan fingerprint density at radius 3 is 2.59 bits per heavy atom. The summed E-state index contributed by atoms with van der Waals surface area (Å²) in [5.74, 6) is -1.58. The quantitative estimate of drug-likeness (QED) is 0.830. The lowest BCUT2D eigenvalue weighted by molar-refractivity contribution is 0.314. The molecule has 17 heavy (non-hydrogen) atoms. The first-order chi connectivity index (χ1) is 7.99. The van der Waals surface area contributed by atoms with E-state index < -0.39 is 11.6 Å². The van der Waals surface area contributed by atoms with E-state index in [-0.39, 0.29) is 6.04 Å². The van der Waals surface area contributed by atoms with Crippen molar-refractivity contribution in [2.75, 3.05) is 13.6 Å². The minimum absolute atomic E-state index is 0.215. The molecule has 0 amide bonds. The molecule has 1 rings (SSSR count). The van der Waals surface area contributed by atoms with Crippen molar-refractivity contribution < 1.29 is 8.78 Å². The van der Waals surface area contributed by atoms with Gasteiger partial charge < -0.3 is 10.6 Å². The molecule has 0 saturated carbocycles. The second-order valence-electron chi connectivity index (χ2n) is 4.61. The number of nitrogens with two attached hydrogens (primary N) is 1. The predicted octanol–water partition coefficient (Wildman–Crippen LogP) is 2.52. The Labute approximate surface area is 101 Å². The number of nitrogens with zero attached hydrogens (tertiary/aromatic N) is 1. The zero-order valence-electron chi connectivity index (χ0n) is 10.4.